The molecule has 1 saturated heterocycles. The second-order valence-corrected chi connectivity index (χ2v) is 5.89. The molecule has 1 aliphatic heterocycles. The van der Waals surface area contributed by atoms with E-state index in [9.17, 15) is 0 Å². The van der Waals surface area contributed by atoms with E-state index in [4.69, 9.17) is 0 Å². The van der Waals surface area contributed by atoms with Crippen molar-refractivity contribution in [3.8, 4) is 0 Å². The lowest BCUT2D eigenvalue weighted by Gasteiger charge is -2.40. The molecule has 2 aliphatic rings. The fourth-order valence-corrected chi connectivity index (χ4v) is 3.10. The van der Waals surface area contributed by atoms with Crippen molar-refractivity contribution in [2.45, 2.75) is 51.2 Å². The number of nitrogens with zero attached hydrogens (tertiary/aromatic N) is 3. The van der Waals surface area contributed by atoms with Gasteiger partial charge in [-0.3, -0.25) is 4.90 Å². The summed E-state index contributed by atoms with van der Waals surface area (Å²) in [6.07, 6.45) is 9.01. The van der Waals surface area contributed by atoms with Gasteiger partial charge in [0.2, 0.25) is 0 Å². The maximum Gasteiger partial charge on any atom is 0.142 e. The molecular weight excluding hydrogens is 236 g/mol. The third kappa shape index (κ3) is 3.31. The first-order chi connectivity index (χ1) is 9.36. The molecule has 1 aliphatic carbocycles. The topological polar surface area (TPSA) is 41.0 Å². The van der Waals surface area contributed by atoms with E-state index in [1.807, 2.05) is 18.5 Å². The van der Waals surface area contributed by atoms with Crippen molar-refractivity contribution in [2.24, 2.45) is 5.92 Å². The molecule has 19 heavy (non-hydrogen) atoms. The van der Waals surface area contributed by atoms with E-state index in [-0.39, 0.29) is 0 Å². The summed E-state index contributed by atoms with van der Waals surface area (Å²) in [5.41, 5.74) is 0. The highest BCUT2D eigenvalue weighted by Crippen LogP contribution is 2.34. The fraction of sp³-hybridized carbons (Fsp3) is 0.733. The molecule has 104 valence electrons. The Morgan fingerprint density at radius 2 is 2.11 bits per heavy atom. The van der Waals surface area contributed by atoms with Gasteiger partial charge in [-0.2, -0.15) is 0 Å². The number of nitrogens with one attached hydrogen (secondary N) is 1. The van der Waals surface area contributed by atoms with E-state index in [0.29, 0.717) is 12.1 Å². The molecule has 0 radical (unpaired) electrons. The molecule has 2 fully saturated rings. The van der Waals surface area contributed by atoms with Crippen LogP contribution < -0.4 is 5.32 Å². The van der Waals surface area contributed by atoms with Crippen LogP contribution in [0.3, 0.4) is 0 Å². The largest absolute Gasteiger partial charge is 0.311 e. The SMILES string of the molecule is CCCC1CNC(C2CC2)CN1Cc1ncccn1. The van der Waals surface area contributed by atoms with Crippen molar-refractivity contribution >= 4 is 0 Å². The molecule has 0 amide bonds. The van der Waals surface area contributed by atoms with Crippen LogP contribution in [-0.2, 0) is 6.54 Å². The molecule has 0 spiro atoms. The smallest absolute Gasteiger partial charge is 0.142 e. The normalized spacial score (nSPS) is 28.5. The zero-order chi connectivity index (χ0) is 13.1. The zero-order valence-corrected chi connectivity index (χ0v) is 11.8. The molecule has 4 nitrogen and oxygen atoms in total. The van der Waals surface area contributed by atoms with E-state index < -0.39 is 0 Å². The third-order valence-corrected chi connectivity index (χ3v) is 4.34. The lowest BCUT2D eigenvalue weighted by atomic mass is 10.0. The minimum absolute atomic E-state index is 0.642. The highest BCUT2D eigenvalue weighted by atomic mass is 15.2. The van der Waals surface area contributed by atoms with Crippen molar-refractivity contribution in [1.82, 2.24) is 20.2 Å². The summed E-state index contributed by atoms with van der Waals surface area (Å²) < 4.78 is 0. The average Bonchev–Trinajstić information content (AvgIpc) is 3.27. The van der Waals surface area contributed by atoms with E-state index in [1.165, 1.54) is 25.7 Å². The Morgan fingerprint density at radius 3 is 2.79 bits per heavy atom. The van der Waals surface area contributed by atoms with Gasteiger partial charge in [-0.25, -0.2) is 9.97 Å². The van der Waals surface area contributed by atoms with Crippen LogP contribution >= 0.6 is 0 Å². The summed E-state index contributed by atoms with van der Waals surface area (Å²) in [4.78, 5) is 11.4. The van der Waals surface area contributed by atoms with Crippen molar-refractivity contribution in [2.75, 3.05) is 13.1 Å². The minimum atomic E-state index is 0.642. The second kappa shape index (κ2) is 5.97. The first kappa shape index (κ1) is 13.0. The van der Waals surface area contributed by atoms with Crippen LogP contribution in [0.15, 0.2) is 18.5 Å². The predicted molar refractivity (Wildman–Crippen MR) is 75.7 cm³/mol. The van der Waals surface area contributed by atoms with Crippen LogP contribution in [0.1, 0.15) is 38.4 Å². The number of piperazine rings is 1. The van der Waals surface area contributed by atoms with Gasteiger partial charge >= 0.3 is 0 Å². The van der Waals surface area contributed by atoms with Crippen LogP contribution in [0.4, 0.5) is 0 Å². The number of rotatable bonds is 5. The van der Waals surface area contributed by atoms with Gasteiger partial charge in [0.25, 0.3) is 0 Å². The molecular formula is C15H24N4. The van der Waals surface area contributed by atoms with Crippen molar-refractivity contribution < 1.29 is 0 Å². The van der Waals surface area contributed by atoms with Gasteiger partial charge in [-0.1, -0.05) is 13.3 Å². The average molecular weight is 260 g/mol. The number of hydrogen-bond acceptors (Lipinski definition) is 4. The Kier molecular flexibility index (Phi) is 4.09. The number of aromatic nitrogens is 2. The molecule has 1 saturated carbocycles. The van der Waals surface area contributed by atoms with E-state index in [2.05, 4.69) is 27.1 Å². The van der Waals surface area contributed by atoms with Gasteiger partial charge in [-0.05, 0) is 31.2 Å². The molecule has 0 bridgehead atoms. The van der Waals surface area contributed by atoms with Gasteiger partial charge in [0, 0.05) is 37.6 Å². The van der Waals surface area contributed by atoms with Crippen molar-refractivity contribution in [3.63, 3.8) is 0 Å². The summed E-state index contributed by atoms with van der Waals surface area (Å²) in [5, 5.41) is 3.75. The molecule has 2 heterocycles. The molecule has 4 heteroatoms. The van der Waals surface area contributed by atoms with Crippen molar-refractivity contribution in [3.05, 3.63) is 24.3 Å². The second-order valence-electron chi connectivity index (χ2n) is 5.89. The Morgan fingerprint density at radius 1 is 1.32 bits per heavy atom. The first-order valence-electron chi connectivity index (χ1n) is 7.60. The zero-order valence-electron chi connectivity index (χ0n) is 11.8. The molecule has 1 N–H and O–H groups in total. The van der Waals surface area contributed by atoms with Crippen molar-refractivity contribution in [1.29, 1.82) is 0 Å². The Labute approximate surface area is 115 Å². The van der Waals surface area contributed by atoms with Crippen LogP contribution in [0.2, 0.25) is 0 Å². The Hall–Kier alpha value is -1.00. The van der Waals surface area contributed by atoms with Gasteiger partial charge in [-0.15, -0.1) is 0 Å². The fourth-order valence-electron chi connectivity index (χ4n) is 3.10. The van der Waals surface area contributed by atoms with Gasteiger partial charge in [0.1, 0.15) is 5.82 Å². The Balaban J connectivity index is 1.65. The van der Waals surface area contributed by atoms with Gasteiger partial charge in [0.05, 0.1) is 6.54 Å². The molecule has 1 aromatic rings. The lowest BCUT2D eigenvalue weighted by molar-refractivity contribution is 0.105. The summed E-state index contributed by atoms with van der Waals surface area (Å²) in [6, 6.07) is 3.22. The number of hydrogen-bond donors (Lipinski definition) is 1. The highest BCUT2D eigenvalue weighted by molar-refractivity contribution is 4.97. The summed E-state index contributed by atoms with van der Waals surface area (Å²) in [7, 11) is 0. The summed E-state index contributed by atoms with van der Waals surface area (Å²) in [6.45, 7) is 5.45. The first-order valence-corrected chi connectivity index (χ1v) is 7.60. The molecule has 0 aromatic carbocycles. The Bertz CT molecular complexity index is 390. The monoisotopic (exact) mass is 260 g/mol. The van der Waals surface area contributed by atoms with E-state index in [1.54, 1.807) is 0 Å². The maximum absolute atomic E-state index is 4.38. The maximum atomic E-state index is 4.38. The van der Waals surface area contributed by atoms with Gasteiger partial charge < -0.3 is 5.32 Å². The highest BCUT2D eigenvalue weighted by Gasteiger charge is 2.36. The standard InChI is InChI=1S/C15H24N4/c1-2-4-13-9-18-14(12-5-6-12)10-19(13)11-15-16-7-3-8-17-15/h3,7-8,12-14,18H,2,4-6,9-11H2,1H3. The third-order valence-electron chi connectivity index (χ3n) is 4.34. The quantitative estimate of drug-likeness (QED) is 0.877. The van der Waals surface area contributed by atoms with E-state index >= 15 is 0 Å². The molecule has 2 atom stereocenters. The van der Waals surface area contributed by atoms with Crippen LogP contribution in [0.5, 0.6) is 0 Å². The van der Waals surface area contributed by atoms with E-state index in [0.717, 1.165) is 31.4 Å². The van der Waals surface area contributed by atoms with Gasteiger partial charge in [0.15, 0.2) is 0 Å². The molecule has 1 aromatic heterocycles. The molecule has 3 rings (SSSR count). The van der Waals surface area contributed by atoms with Crippen LogP contribution in [-0.4, -0.2) is 40.0 Å². The molecule has 2 unspecified atom stereocenters. The lowest BCUT2D eigenvalue weighted by Crippen LogP contribution is -2.56. The summed E-state index contributed by atoms with van der Waals surface area (Å²) in [5.74, 6) is 1.88. The van der Waals surface area contributed by atoms with Crippen LogP contribution in [0, 0.1) is 5.92 Å². The summed E-state index contributed by atoms with van der Waals surface area (Å²) >= 11 is 0. The van der Waals surface area contributed by atoms with Crippen LogP contribution in [0.25, 0.3) is 0 Å². The predicted octanol–water partition coefficient (Wildman–Crippen LogP) is 1.83. The minimum Gasteiger partial charge on any atom is -0.311 e.